The lowest BCUT2D eigenvalue weighted by molar-refractivity contribution is -0.121. The van der Waals surface area contributed by atoms with Gasteiger partial charge in [0, 0.05) is 31.0 Å². The molecule has 8 heteroatoms. The Morgan fingerprint density at radius 1 is 0.833 bits per heavy atom. The summed E-state index contributed by atoms with van der Waals surface area (Å²) in [7, 11) is 0. The van der Waals surface area contributed by atoms with Gasteiger partial charge in [0.25, 0.3) is 5.56 Å². The number of fused-ring (bicyclic) bond motifs is 3. The van der Waals surface area contributed by atoms with Crippen molar-refractivity contribution in [1.82, 2.24) is 24.5 Å². The fraction of sp³-hybridized carbons (Fsp3) is 0.214. The Balaban J connectivity index is 1.33. The summed E-state index contributed by atoms with van der Waals surface area (Å²) in [4.78, 5) is 25.8. The molecular weight excluding hydrogens is 474 g/mol. The minimum atomic E-state index is -0.0899. The summed E-state index contributed by atoms with van der Waals surface area (Å²) in [5, 5.41) is 13.0. The van der Waals surface area contributed by atoms with Gasteiger partial charge in [-0.15, -0.1) is 10.2 Å². The fourth-order valence-electron chi connectivity index (χ4n) is 4.37. The third-order valence-electron chi connectivity index (χ3n) is 6.27. The van der Waals surface area contributed by atoms with Crippen molar-refractivity contribution in [3.05, 3.63) is 111 Å². The minimum absolute atomic E-state index is 0.0533. The van der Waals surface area contributed by atoms with Crippen LogP contribution in [0, 0.1) is 0 Å². The molecule has 0 aliphatic carbocycles. The number of para-hydroxylation sites is 1. The van der Waals surface area contributed by atoms with Crippen LogP contribution < -0.4 is 10.9 Å². The SMILES string of the molecule is O=C(CCc1nnc2n(CCc3ccccc3)c(=O)c3ccccc3n12)NCCc1ccc(Cl)cc1. The number of amides is 1. The normalized spacial score (nSPS) is 11.2. The molecule has 0 unspecified atom stereocenters. The van der Waals surface area contributed by atoms with Crippen molar-refractivity contribution in [3.63, 3.8) is 0 Å². The topological polar surface area (TPSA) is 81.3 Å². The minimum Gasteiger partial charge on any atom is -0.356 e. The molecule has 5 aromatic rings. The summed E-state index contributed by atoms with van der Waals surface area (Å²) >= 11 is 5.93. The van der Waals surface area contributed by atoms with Gasteiger partial charge in [-0.25, -0.2) is 0 Å². The Kier molecular flexibility index (Phi) is 7.09. The van der Waals surface area contributed by atoms with Gasteiger partial charge in [0.15, 0.2) is 0 Å². The maximum Gasteiger partial charge on any atom is 0.262 e. The molecule has 2 heterocycles. The van der Waals surface area contributed by atoms with Crippen LogP contribution in [0.15, 0.2) is 83.7 Å². The highest BCUT2D eigenvalue weighted by Gasteiger charge is 2.17. The Morgan fingerprint density at radius 3 is 2.36 bits per heavy atom. The van der Waals surface area contributed by atoms with E-state index in [0.717, 1.165) is 23.1 Å². The first-order chi connectivity index (χ1) is 17.6. The number of carbonyl (C=O) groups excluding carboxylic acids is 1. The zero-order chi connectivity index (χ0) is 24.9. The van der Waals surface area contributed by atoms with E-state index in [1.165, 1.54) is 0 Å². The van der Waals surface area contributed by atoms with E-state index in [0.29, 0.717) is 47.9 Å². The first-order valence-electron chi connectivity index (χ1n) is 12.0. The van der Waals surface area contributed by atoms with Gasteiger partial charge in [0.2, 0.25) is 11.7 Å². The Morgan fingerprint density at radius 2 is 1.56 bits per heavy atom. The first-order valence-corrected chi connectivity index (χ1v) is 12.4. The number of benzene rings is 3. The lowest BCUT2D eigenvalue weighted by atomic mass is 10.1. The quantitative estimate of drug-likeness (QED) is 0.329. The summed E-state index contributed by atoms with van der Waals surface area (Å²) in [5.74, 6) is 1.10. The largest absolute Gasteiger partial charge is 0.356 e. The number of nitrogens with one attached hydrogen (secondary N) is 1. The predicted molar refractivity (Wildman–Crippen MR) is 141 cm³/mol. The number of hydrogen-bond acceptors (Lipinski definition) is 4. The number of carbonyl (C=O) groups is 1. The second-order valence-corrected chi connectivity index (χ2v) is 9.12. The highest BCUT2D eigenvalue weighted by atomic mass is 35.5. The van der Waals surface area contributed by atoms with Crippen molar-refractivity contribution in [1.29, 1.82) is 0 Å². The molecule has 2 aromatic heterocycles. The Labute approximate surface area is 213 Å². The van der Waals surface area contributed by atoms with E-state index in [4.69, 9.17) is 11.6 Å². The summed E-state index contributed by atoms with van der Waals surface area (Å²) in [6.45, 7) is 1.03. The number of hydrogen-bond donors (Lipinski definition) is 1. The van der Waals surface area contributed by atoms with Crippen LogP contribution in [0.3, 0.4) is 0 Å². The van der Waals surface area contributed by atoms with Gasteiger partial charge in [-0.3, -0.25) is 18.6 Å². The second kappa shape index (κ2) is 10.7. The van der Waals surface area contributed by atoms with Crippen molar-refractivity contribution in [2.75, 3.05) is 6.54 Å². The Hall–Kier alpha value is -3.97. The van der Waals surface area contributed by atoms with E-state index in [2.05, 4.69) is 15.5 Å². The zero-order valence-corrected chi connectivity index (χ0v) is 20.5. The van der Waals surface area contributed by atoms with Gasteiger partial charge >= 0.3 is 0 Å². The molecule has 0 fully saturated rings. The molecule has 1 amide bonds. The van der Waals surface area contributed by atoms with Crippen LogP contribution >= 0.6 is 11.6 Å². The van der Waals surface area contributed by atoms with Gasteiger partial charge in [-0.2, -0.15) is 0 Å². The molecule has 36 heavy (non-hydrogen) atoms. The van der Waals surface area contributed by atoms with Crippen molar-refractivity contribution in [2.45, 2.75) is 32.2 Å². The van der Waals surface area contributed by atoms with Crippen LogP contribution in [0.5, 0.6) is 0 Å². The monoisotopic (exact) mass is 499 g/mol. The molecule has 3 aromatic carbocycles. The van der Waals surface area contributed by atoms with Gasteiger partial charge in [0.1, 0.15) is 5.82 Å². The summed E-state index contributed by atoms with van der Waals surface area (Å²) in [6, 6.07) is 25.1. The smallest absolute Gasteiger partial charge is 0.262 e. The summed E-state index contributed by atoms with van der Waals surface area (Å²) < 4.78 is 3.58. The van der Waals surface area contributed by atoms with Crippen LogP contribution in [0.25, 0.3) is 16.7 Å². The molecule has 0 aliphatic heterocycles. The molecule has 0 aliphatic rings. The molecule has 182 valence electrons. The molecule has 0 bridgehead atoms. The van der Waals surface area contributed by atoms with Gasteiger partial charge in [0.05, 0.1) is 10.9 Å². The highest BCUT2D eigenvalue weighted by Crippen LogP contribution is 2.16. The third-order valence-corrected chi connectivity index (χ3v) is 6.52. The maximum atomic E-state index is 13.3. The molecule has 0 atom stereocenters. The van der Waals surface area contributed by atoms with E-state index < -0.39 is 0 Å². The lowest BCUT2D eigenvalue weighted by Gasteiger charge is -2.11. The van der Waals surface area contributed by atoms with Crippen molar-refractivity contribution < 1.29 is 4.79 Å². The Bertz CT molecular complexity index is 1560. The summed E-state index contributed by atoms with van der Waals surface area (Å²) in [6.07, 6.45) is 2.12. The average Bonchev–Trinajstić information content (AvgIpc) is 3.33. The highest BCUT2D eigenvalue weighted by molar-refractivity contribution is 6.30. The molecular formula is C28H26ClN5O2. The zero-order valence-electron chi connectivity index (χ0n) is 19.7. The van der Waals surface area contributed by atoms with Crippen LogP contribution in [-0.4, -0.2) is 31.6 Å². The number of rotatable bonds is 9. The molecule has 0 spiro atoms. The van der Waals surface area contributed by atoms with Crippen LogP contribution in [0.2, 0.25) is 5.02 Å². The van der Waals surface area contributed by atoms with Gasteiger partial charge in [-0.1, -0.05) is 66.2 Å². The van der Waals surface area contributed by atoms with E-state index in [9.17, 15) is 9.59 Å². The molecule has 0 saturated heterocycles. The number of aryl methyl sites for hydroxylation is 3. The third kappa shape index (κ3) is 5.16. The second-order valence-electron chi connectivity index (χ2n) is 8.69. The van der Waals surface area contributed by atoms with E-state index in [1.807, 2.05) is 83.3 Å². The average molecular weight is 500 g/mol. The number of aromatic nitrogens is 4. The molecule has 1 N–H and O–H groups in total. The molecule has 5 rings (SSSR count). The maximum absolute atomic E-state index is 13.3. The van der Waals surface area contributed by atoms with Crippen LogP contribution in [-0.2, 0) is 30.6 Å². The van der Waals surface area contributed by atoms with E-state index in [-0.39, 0.29) is 17.9 Å². The van der Waals surface area contributed by atoms with Gasteiger partial charge < -0.3 is 5.32 Å². The van der Waals surface area contributed by atoms with E-state index in [1.54, 1.807) is 4.57 Å². The predicted octanol–water partition coefficient (Wildman–Crippen LogP) is 4.23. The van der Waals surface area contributed by atoms with E-state index >= 15 is 0 Å². The fourth-order valence-corrected chi connectivity index (χ4v) is 4.50. The summed E-state index contributed by atoms with van der Waals surface area (Å²) in [5.41, 5.74) is 2.92. The van der Waals surface area contributed by atoms with Gasteiger partial charge in [-0.05, 0) is 48.2 Å². The molecule has 7 nitrogen and oxygen atoms in total. The molecule has 0 saturated carbocycles. The number of halogens is 1. The van der Waals surface area contributed by atoms with Crippen LogP contribution in [0.1, 0.15) is 23.4 Å². The number of nitrogens with zero attached hydrogens (tertiary/aromatic N) is 4. The molecule has 0 radical (unpaired) electrons. The van der Waals surface area contributed by atoms with Crippen molar-refractivity contribution in [3.8, 4) is 0 Å². The van der Waals surface area contributed by atoms with Crippen molar-refractivity contribution >= 4 is 34.2 Å². The van der Waals surface area contributed by atoms with Crippen molar-refractivity contribution in [2.24, 2.45) is 0 Å². The van der Waals surface area contributed by atoms with Crippen LogP contribution in [0.4, 0.5) is 0 Å². The first kappa shape index (κ1) is 23.8. The lowest BCUT2D eigenvalue weighted by Crippen LogP contribution is -2.26. The standard InChI is InChI=1S/C28H26ClN5O2/c29-22-12-10-21(11-13-22)16-18-30-26(35)15-14-25-31-32-28-33(19-17-20-6-2-1-3-7-20)27(36)23-8-4-5-9-24(23)34(25)28/h1-13H,14-19H2,(H,30,35).